The van der Waals surface area contributed by atoms with Gasteiger partial charge in [0.25, 0.3) is 0 Å². The van der Waals surface area contributed by atoms with Crippen LogP contribution in [0.4, 0.5) is 4.79 Å². The molecule has 2 amide bonds. The number of benzene rings is 2. The van der Waals surface area contributed by atoms with Crippen LogP contribution < -0.4 is 10.1 Å². The molecule has 0 heterocycles. The van der Waals surface area contributed by atoms with E-state index in [0.29, 0.717) is 19.7 Å². The summed E-state index contributed by atoms with van der Waals surface area (Å²) in [5, 5.41) is 2.96. The van der Waals surface area contributed by atoms with Gasteiger partial charge in [-0.2, -0.15) is 0 Å². The summed E-state index contributed by atoms with van der Waals surface area (Å²) in [4.78, 5) is 14.4. The van der Waals surface area contributed by atoms with E-state index in [1.807, 2.05) is 61.2 Å². The number of amides is 2. The fourth-order valence-electron chi connectivity index (χ4n) is 2.75. The van der Waals surface area contributed by atoms with E-state index in [9.17, 15) is 4.79 Å². The highest BCUT2D eigenvalue weighted by molar-refractivity contribution is 5.74. The molecule has 1 N–H and O–H groups in total. The van der Waals surface area contributed by atoms with Crippen molar-refractivity contribution in [1.82, 2.24) is 10.2 Å². The maximum absolute atomic E-state index is 12.5. The highest BCUT2D eigenvalue weighted by atomic mass is 16.5. The second kappa shape index (κ2) is 9.45. The Kier molecular flexibility index (Phi) is 7.28. The van der Waals surface area contributed by atoms with Crippen LogP contribution in [-0.2, 0) is 12.0 Å². The van der Waals surface area contributed by atoms with Crippen LogP contribution in [0.15, 0.2) is 54.6 Å². The van der Waals surface area contributed by atoms with Crippen molar-refractivity contribution in [2.45, 2.75) is 52.6 Å². The maximum Gasteiger partial charge on any atom is 0.318 e. The average molecular weight is 369 g/mol. The van der Waals surface area contributed by atoms with E-state index in [1.165, 1.54) is 5.56 Å². The minimum atomic E-state index is -0.0686. The minimum Gasteiger partial charge on any atom is -0.492 e. The van der Waals surface area contributed by atoms with E-state index in [1.54, 1.807) is 0 Å². The highest BCUT2D eigenvalue weighted by Crippen LogP contribution is 2.25. The van der Waals surface area contributed by atoms with Gasteiger partial charge in [-0.1, -0.05) is 63.2 Å². The van der Waals surface area contributed by atoms with Crippen LogP contribution in [0.1, 0.15) is 45.7 Å². The number of nitrogens with zero attached hydrogens (tertiary/aromatic N) is 1. The highest BCUT2D eigenvalue weighted by Gasteiger charge is 2.17. The zero-order valence-corrected chi connectivity index (χ0v) is 17.2. The van der Waals surface area contributed by atoms with Crippen molar-refractivity contribution in [3.63, 3.8) is 0 Å². The van der Waals surface area contributed by atoms with Gasteiger partial charge in [0.1, 0.15) is 12.4 Å². The lowest BCUT2D eigenvalue weighted by atomic mass is 9.87. The van der Waals surface area contributed by atoms with Gasteiger partial charge in [-0.25, -0.2) is 4.79 Å². The summed E-state index contributed by atoms with van der Waals surface area (Å²) in [6.07, 6.45) is 0. The molecular weight excluding hydrogens is 336 g/mol. The summed E-state index contributed by atoms with van der Waals surface area (Å²) < 4.78 is 5.82. The van der Waals surface area contributed by atoms with Gasteiger partial charge in [0.05, 0.1) is 6.54 Å². The topological polar surface area (TPSA) is 41.6 Å². The molecule has 4 heteroatoms. The molecule has 0 saturated heterocycles. The first kappa shape index (κ1) is 20.8. The number of nitrogens with one attached hydrogen (secondary N) is 1. The number of carbonyl (C=O) groups is 1. The van der Waals surface area contributed by atoms with Crippen LogP contribution >= 0.6 is 0 Å². The molecule has 0 saturated carbocycles. The number of rotatable bonds is 7. The summed E-state index contributed by atoms with van der Waals surface area (Å²) in [6.45, 7) is 12.1. The van der Waals surface area contributed by atoms with E-state index >= 15 is 0 Å². The van der Waals surface area contributed by atoms with Crippen molar-refractivity contribution in [1.29, 1.82) is 0 Å². The first-order valence-electron chi connectivity index (χ1n) is 9.59. The molecule has 0 bridgehead atoms. The lowest BCUT2D eigenvalue weighted by molar-refractivity contribution is 0.177. The molecule has 4 nitrogen and oxygen atoms in total. The van der Waals surface area contributed by atoms with Crippen molar-refractivity contribution in [2.24, 2.45) is 0 Å². The molecule has 2 aromatic rings. The molecule has 0 unspecified atom stereocenters. The predicted octanol–water partition coefficient (Wildman–Crippen LogP) is 4.98. The van der Waals surface area contributed by atoms with Crippen LogP contribution in [0.3, 0.4) is 0 Å². The molecule has 146 valence electrons. The lowest BCUT2D eigenvalue weighted by Crippen LogP contribution is -2.44. The number of ether oxygens (including phenoxy) is 1. The molecule has 27 heavy (non-hydrogen) atoms. The first-order chi connectivity index (χ1) is 12.8. The normalized spacial score (nSPS) is 11.3. The largest absolute Gasteiger partial charge is 0.492 e. The Morgan fingerprint density at radius 2 is 1.78 bits per heavy atom. The van der Waals surface area contributed by atoms with Crippen LogP contribution in [0.2, 0.25) is 0 Å². The quantitative estimate of drug-likeness (QED) is 0.700. The van der Waals surface area contributed by atoms with Gasteiger partial charge in [-0.15, -0.1) is 0 Å². The van der Waals surface area contributed by atoms with E-state index in [-0.39, 0.29) is 17.5 Å². The smallest absolute Gasteiger partial charge is 0.318 e. The van der Waals surface area contributed by atoms with E-state index in [0.717, 1.165) is 11.3 Å². The Hall–Kier alpha value is -2.49. The summed E-state index contributed by atoms with van der Waals surface area (Å²) in [5.74, 6) is 0.835. The fraction of sp³-hybridized carbons (Fsp3) is 0.435. The van der Waals surface area contributed by atoms with Gasteiger partial charge in [-0.05, 0) is 42.5 Å². The van der Waals surface area contributed by atoms with Crippen LogP contribution in [0.5, 0.6) is 5.75 Å². The Bertz CT molecular complexity index is 721. The standard InChI is InChI=1S/C23H32N2O2/c1-18(2)25(17-19-10-7-6-8-11-19)22(26)24-14-15-27-21-13-9-12-20(16-21)23(3,4)5/h6-13,16,18H,14-15,17H2,1-5H3,(H,24,26). The molecule has 0 spiro atoms. The summed E-state index contributed by atoms with van der Waals surface area (Å²) in [7, 11) is 0. The molecule has 0 radical (unpaired) electrons. The Balaban J connectivity index is 1.84. The van der Waals surface area contributed by atoms with Gasteiger partial charge in [0, 0.05) is 12.6 Å². The van der Waals surface area contributed by atoms with E-state index in [4.69, 9.17) is 4.74 Å². The Morgan fingerprint density at radius 3 is 2.41 bits per heavy atom. The van der Waals surface area contributed by atoms with Gasteiger partial charge >= 0.3 is 6.03 Å². The van der Waals surface area contributed by atoms with Gasteiger partial charge in [0.2, 0.25) is 0 Å². The molecule has 0 aliphatic heterocycles. The molecule has 2 aromatic carbocycles. The van der Waals surface area contributed by atoms with E-state index < -0.39 is 0 Å². The monoisotopic (exact) mass is 368 g/mol. The first-order valence-corrected chi connectivity index (χ1v) is 9.59. The van der Waals surface area contributed by atoms with Crippen LogP contribution in [-0.4, -0.2) is 30.1 Å². The fourth-order valence-corrected chi connectivity index (χ4v) is 2.75. The van der Waals surface area contributed by atoms with Gasteiger partial charge < -0.3 is 15.0 Å². The molecule has 0 aliphatic rings. The van der Waals surface area contributed by atoms with Crippen LogP contribution in [0, 0.1) is 0 Å². The SMILES string of the molecule is CC(C)N(Cc1ccccc1)C(=O)NCCOc1cccc(C(C)(C)C)c1. The van der Waals surface area contributed by atoms with Crippen molar-refractivity contribution in [2.75, 3.05) is 13.2 Å². The third kappa shape index (κ3) is 6.63. The number of urea groups is 1. The Labute approximate surface area is 163 Å². The predicted molar refractivity (Wildman–Crippen MR) is 111 cm³/mol. The van der Waals surface area contributed by atoms with Crippen LogP contribution in [0.25, 0.3) is 0 Å². The molecule has 0 atom stereocenters. The Morgan fingerprint density at radius 1 is 1.07 bits per heavy atom. The lowest BCUT2D eigenvalue weighted by Gasteiger charge is -2.27. The van der Waals surface area contributed by atoms with Crippen molar-refractivity contribution in [3.05, 3.63) is 65.7 Å². The number of hydrogen-bond acceptors (Lipinski definition) is 2. The van der Waals surface area contributed by atoms with E-state index in [2.05, 4.69) is 38.2 Å². The second-order valence-electron chi connectivity index (χ2n) is 8.07. The summed E-state index contributed by atoms with van der Waals surface area (Å²) in [5.41, 5.74) is 2.44. The summed E-state index contributed by atoms with van der Waals surface area (Å²) >= 11 is 0. The van der Waals surface area contributed by atoms with Gasteiger partial charge in [0.15, 0.2) is 0 Å². The molecular formula is C23H32N2O2. The van der Waals surface area contributed by atoms with Crippen molar-refractivity contribution < 1.29 is 9.53 Å². The summed E-state index contributed by atoms with van der Waals surface area (Å²) in [6, 6.07) is 18.2. The number of hydrogen-bond donors (Lipinski definition) is 1. The van der Waals surface area contributed by atoms with Crippen molar-refractivity contribution >= 4 is 6.03 Å². The average Bonchev–Trinajstić information content (AvgIpc) is 2.63. The molecule has 0 fully saturated rings. The third-order valence-corrected chi connectivity index (χ3v) is 4.43. The van der Waals surface area contributed by atoms with Gasteiger partial charge in [-0.3, -0.25) is 0 Å². The maximum atomic E-state index is 12.5. The van der Waals surface area contributed by atoms with Crippen molar-refractivity contribution in [3.8, 4) is 5.75 Å². The minimum absolute atomic E-state index is 0.0686. The zero-order chi connectivity index (χ0) is 19.9. The molecule has 0 aliphatic carbocycles. The molecule has 0 aromatic heterocycles. The molecule has 2 rings (SSSR count). The zero-order valence-electron chi connectivity index (χ0n) is 17.2. The second-order valence-corrected chi connectivity index (χ2v) is 8.07. The third-order valence-electron chi connectivity index (χ3n) is 4.43. The number of carbonyl (C=O) groups excluding carboxylic acids is 1.